The van der Waals surface area contributed by atoms with Gasteiger partial charge in [-0.15, -0.1) is 11.3 Å². The van der Waals surface area contributed by atoms with Gasteiger partial charge in [-0.2, -0.15) is 0 Å². The van der Waals surface area contributed by atoms with Crippen molar-refractivity contribution in [1.82, 2.24) is 0 Å². The molecule has 1 aromatic heterocycles. The smallest absolute Gasteiger partial charge is 0.297 e. The number of aryl methyl sites for hydroxylation is 1. The minimum atomic E-state index is -0.654. The van der Waals surface area contributed by atoms with Crippen LogP contribution < -0.4 is 4.90 Å². The number of nitrogens with zero attached hydrogens (tertiary/aromatic N) is 1. The molecule has 4 nitrogen and oxygen atoms in total. The van der Waals surface area contributed by atoms with Gasteiger partial charge in [0.05, 0.1) is 22.7 Å². The maximum absolute atomic E-state index is 12.3. The number of Topliss-reactive ketones (excluding diaryl/α,β-unsaturated/α-hetero) is 2. The molecule has 1 aliphatic rings. The van der Waals surface area contributed by atoms with Gasteiger partial charge in [0, 0.05) is 9.35 Å². The number of fused-ring (bicyclic) bond motifs is 1. The number of anilines is 1. The van der Waals surface area contributed by atoms with Crippen LogP contribution in [-0.4, -0.2) is 24.0 Å². The minimum Gasteiger partial charge on any atom is -0.297 e. The molecule has 1 amide bonds. The zero-order valence-corrected chi connectivity index (χ0v) is 13.5. The van der Waals surface area contributed by atoms with Gasteiger partial charge in [0.25, 0.3) is 11.7 Å². The zero-order chi connectivity index (χ0) is 15.1. The van der Waals surface area contributed by atoms with Crippen molar-refractivity contribution >= 4 is 50.4 Å². The number of hydrogen-bond donors (Lipinski definition) is 0. The lowest BCUT2D eigenvalue weighted by Crippen LogP contribution is -2.34. The quantitative estimate of drug-likeness (QED) is 0.621. The minimum absolute atomic E-state index is 0.117. The van der Waals surface area contributed by atoms with Crippen molar-refractivity contribution in [3.63, 3.8) is 0 Å². The Bertz CT molecular complexity index is 781. The molecule has 3 rings (SSSR count). The van der Waals surface area contributed by atoms with E-state index < -0.39 is 11.7 Å². The van der Waals surface area contributed by atoms with Crippen LogP contribution in [0.2, 0.25) is 0 Å². The van der Waals surface area contributed by atoms with E-state index in [1.807, 2.05) is 13.0 Å². The van der Waals surface area contributed by atoms with Crippen LogP contribution >= 0.6 is 27.3 Å². The van der Waals surface area contributed by atoms with E-state index >= 15 is 0 Å². The van der Waals surface area contributed by atoms with Crippen molar-refractivity contribution in [1.29, 1.82) is 0 Å². The Kier molecular flexibility index (Phi) is 3.51. The molecule has 0 aliphatic carbocycles. The first kappa shape index (κ1) is 14.2. The summed E-state index contributed by atoms with van der Waals surface area (Å²) in [6, 6.07) is 8.72. The third kappa shape index (κ3) is 2.34. The predicted octanol–water partition coefficient (Wildman–Crippen LogP) is 3.23. The highest BCUT2D eigenvalue weighted by Crippen LogP contribution is 2.34. The number of halogens is 1. The van der Waals surface area contributed by atoms with E-state index in [0.717, 1.165) is 4.88 Å². The fourth-order valence-electron chi connectivity index (χ4n) is 2.26. The van der Waals surface area contributed by atoms with Crippen LogP contribution in [0.25, 0.3) is 0 Å². The summed E-state index contributed by atoms with van der Waals surface area (Å²) in [4.78, 5) is 39.2. The molecule has 1 aromatic carbocycles. The Labute approximate surface area is 133 Å². The Morgan fingerprint density at radius 1 is 1.24 bits per heavy atom. The summed E-state index contributed by atoms with van der Waals surface area (Å²) in [5.74, 6) is -1.40. The SMILES string of the molecule is Cc1ccc(C(=O)CN2C(=O)C(=O)c3c(Br)cccc32)s1. The Hall–Kier alpha value is -1.79. The molecule has 106 valence electrons. The number of thiophene rings is 1. The van der Waals surface area contributed by atoms with E-state index in [1.165, 1.54) is 16.2 Å². The van der Waals surface area contributed by atoms with E-state index in [0.29, 0.717) is 20.6 Å². The molecule has 1 aliphatic heterocycles. The highest BCUT2D eigenvalue weighted by Gasteiger charge is 2.38. The highest BCUT2D eigenvalue weighted by atomic mass is 79.9. The van der Waals surface area contributed by atoms with Gasteiger partial charge in [0.15, 0.2) is 5.78 Å². The second-order valence-electron chi connectivity index (χ2n) is 4.69. The zero-order valence-electron chi connectivity index (χ0n) is 11.1. The summed E-state index contributed by atoms with van der Waals surface area (Å²) in [6.07, 6.45) is 0. The van der Waals surface area contributed by atoms with Crippen molar-refractivity contribution in [3.8, 4) is 0 Å². The fraction of sp³-hybridized carbons (Fsp3) is 0.133. The fourth-order valence-corrected chi connectivity index (χ4v) is 3.60. The first-order valence-electron chi connectivity index (χ1n) is 6.23. The van der Waals surface area contributed by atoms with Crippen molar-refractivity contribution < 1.29 is 14.4 Å². The van der Waals surface area contributed by atoms with Gasteiger partial charge in [0.2, 0.25) is 0 Å². The molecule has 0 saturated heterocycles. The van der Waals surface area contributed by atoms with Crippen molar-refractivity contribution in [2.45, 2.75) is 6.92 Å². The van der Waals surface area contributed by atoms with E-state index in [2.05, 4.69) is 15.9 Å². The maximum Gasteiger partial charge on any atom is 0.299 e. The summed E-state index contributed by atoms with van der Waals surface area (Å²) < 4.78 is 0.570. The molecule has 0 spiro atoms. The van der Waals surface area contributed by atoms with Gasteiger partial charge in [-0.1, -0.05) is 6.07 Å². The van der Waals surface area contributed by atoms with Gasteiger partial charge in [0.1, 0.15) is 0 Å². The lowest BCUT2D eigenvalue weighted by Gasteiger charge is -2.15. The number of benzene rings is 1. The normalized spacial score (nSPS) is 13.7. The first-order valence-corrected chi connectivity index (χ1v) is 7.84. The molecule has 0 bridgehead atoms. The van der Waals surface area contributed by atoms with E-state index in [9.17, 15) is 14.4 Å². The number of ketones is 2. The molecular weight excluding hydrogens is 354 g/mol. The lowest BCUT2D eigenvalue weighted by atomic mass is 10.1. The molecule has 2 heterocycles. The van der Waals surface area contributed by atoms with Crippen molar-refractivity contribution in [2.24, 2.45) is 0 Å². The van der Waals surface area contributed by atoms with Crippen LogP contribution in [0.5, 0.6) is 0 Å². The molecular formula is C15H10BrNO3S. The highest BCUT2D eigenvalue weighted by molar-refractivity contribution is 9.10. The van der Waals surface area contributed by atoms with Crippen LogP contribution in [0.15, 0.2) is 34.8 Å². The van der Waals surface area contributed by atoms with Crippen LogP contribution in [-0.2, 0) is 4.79 Å². The average Bonchev–Trinajstić information content (AvgIpc) is 2.98. The number of hydrogen-bond acceptors (Lipinski definition) is 4. The molecule has 0 radical (unpaired) electrons. The Balaban J connectivity index is 1.94. The monoisotopic (exact) mass is 363 g/mol. The first-order chi connectivity index (χ1) is 9.99. The summed E-state index contributed by atoms with van der Waals surface area (Å²) in [7, 11) is 0. The van der Waals surface area contributed by atoms with Crippen LogP contribution in [0.1, 0.15) is 24.9 Å². The maximum atomic E-state index is 12.3. The molecule has 0 unspecified atom stereocenters. The summed E-state index contributed by atoms with van der Waals surface area (Å²) >= 11 is 4.66. The van der Waals surface area contributed by atoms with Gasteiger partial charge in [-0.3, -0.25) is 19.3 Å². The van der Waals surface area contributed by atoms with Gasteiger partial charge >= 0.3 is 0 Å². The Morgan fingerprint density at radius 2 is 2.00 bits per heavy atom. The topological polar surface area (TPSA) is 54.5 Å². The molecule has 2 aromatic rings. The number of amides is 1. The van der Waals surface area contributed by atoms with Gasteiger partial charge in [-0.25, -0.2) is 0 Å². The van der Waals surface area contributed by atoms with E-state index in [-0.39, 0.29) is 12.3 Å². The van der Waals surface area contributed by atoms with Crippen LogP contribution in [0, 0.1) is 6.92 Å². The van der Waals surface area contributed by atoms with Crippen molar-refractivity contribution in [2.75, 3.05) is 11.4 Å². The van der Waals surface area contributed by atoms with E-state index in [4.69, 9.17) is 0 Å². The van der Waals surface area contributed by atoms with E-state index in [1.54, 1.807) is 24.3 Å². The molecule has 0 fully saturated rings. The predicted molar refractivity (Wildman–Crippen MR) is 84.2 cm³/mol. The third-order valence-electron chi connectivity index (χ3n) is 3.27. The molecule has 0 atom stereocenters. The van der Waals surface area contributed by atoms with Crippen LogP contribution in [0.4, 0.5) is 5.69 Å². The second kappa shape index (κ2) is 5.20. The molecule has 0 saturated carbocycles. The average molecular weight is 364 g/mol. The second-order valence-corrected chi connectivity index (χ2v) is 6.83. The molecule has 6 heteroatoms. The third-order valence-corrected chi connectivity index (χ3v) is 4.97. The summed E-state index contributed by atoms with van der Waals surface area (Å²) in [5, 5.41) is 0. The molecule has 0 N–H and O–H groups in total. The number of carbonyl (C=O) groups excluding carboxylic acids is 3. The van der Waals surface area contributed by atoms with Gasteiger partial charge in [-0.05, 0) is 47.1 Å². The largest absolute Gasteiger partial charge is 0.299 e. The number of carbonyl (C=O) groups is 3. The summed E-state index contributed by atoms with van der Waals surface area (Å²) in [5.41, 5.74) is 0.818. The Morgan fingerprint density at radius 3 is 2.67 bits per heavy atom. The molecule has 21 heavy (non-hydrogen) atoms. The van der Waals surface area contributed by atoms with Crippen molar-refractivity contribution in [3.05, 3.63) is 50.1 Å². The van der Waals surface area contributed by atoms with Gasteiger partial charge < -0.3 is 0 Å². The lowest BCUT2D eigenvalue weighted by molar-refractivity contribution is -0.114. The van der Waals surface area contributed by atoms with Crippen LogP contribution in [0.3, 0.4) is 0 Å². The standard InChI is InChI=1S/C15H10BrNO3S/c1-8-5-6-12(21-8)11(18)7-17-10-4-2-3-9(16)13(10)14(19)15(17)20/h2-6H,7H2,1H3. The number of rotatable bonds is 3. The summed E-state index contributed by atoms with van der Waals surface area (Å²) in [6.45, 7) is 1.80.